The van der Waals surface area contributed by atoms with Crippen LogP contribution in [0.2, 0.25) is 0 Å². The van der Waals surface area contributed by atoms with Crippen LogP contribution in [0.1, 0.15) is 30.0 Å². The zero-order valence-electron chi connectivity index (χ0n) is 11.7. The number of hydrogen-bond donors (Lipinski definition) is 0. The van der Waals surface area contributed by atoms with Crippen molar-refractivity contribution in [3.8, 4) is 0 Å². The number of aromatic nitrogens is 2. The summed E-state index contributed by atoms with van der Waals surface area (Å²) < 4.78 is 27.0. The molecule has 2 heterocycles. The monoisotopic (exact) mass is 289 g/mol. The first-order valence-corrected chi connectivity index (χ1v) is 7.14. The molecule has 0 unspecified atom stereocenters. The number of rotatable bonds is 3. The molecule has 1 saturated heterocycles. The van der Waals surface area contributed by atoms with E-state index in [2.05, 4.69) is 14.9 Å². The van der Waals surface area contributed by atoms with Crippen LogP contribution in [0, 0.1) is 11.6 Å². The second kappa shape index (κ2) is 6.26. The Morgan fingerprint density at radius 3 is 2.95 bits per heavy atom. The van der Waals surface area contributed by atoms with E-state index in [0.717, 1.165) is 37.7 Å². The molecule has 1 aliphatic heterocycles. The van der Waals surface area contributed by atoms with Gasteiger partial charge in [0.15, 0.2) is 0 Å². The van der Waals surface area contributed by atoms with Gasteiger partial charge < -0.3 is 0 Å². The highest BCUT2D eigenvalue weighted by molar-refractivity contribution is 5.19. The van der Waals surface area contributed by atoms with E-state index < -0.39 is 5.82 Å². The van der Waals surface area contributed by atoms with Crippen molar-refractivity contribution >= 4 is 0 Å². The van der Waals surface area contributed by atoms with Crippen molar-refractivity contribution in [1.82, 2.24) is 14.9 Å². The summed E-state index contributed by atoms with van der Waals surface area (Å²) in [6, 6.07) is 3.62. The van der Waals surface area contributed by atoms with Gasteiger partial charge in [-0.05, 0) is 37.6 Å². The molecule has 0 saturated carbocycles. The molecule has 3 nitrogen and oxygen atoms in total. The number of halogens is 2. The quantitative estimate of drug-likeness (QED) is 0.869. The lowest BCUT2D eigenvalue weighted by Gasteiger charge is -2.32. The van der Waals surface area contributed by atoms with E-state index >= 15 is 0 Å². The molecule has 0 aliphatic carbocycles. The van der Waals surface area contributed by atoms with Gasteiger partial charge in [0.2, 0.25) is 0 Å². The number of likely N-dealkylation sites (tertiary alicyclic amines) is 1. The lowest BCUT2D eigenvalue weighted by atomic mass is 9.94. The maximum atomic E-state index is 13.7. The minimum atomic E-state index is -0.395. The van der Waals surface area contributed by atoms with Crippen LogP contribution in [0.25, 0.3) is 0 Å². The lowest BCUT2D eigenvalue weighted by Crippen LogP contribution is -2.34. The van der Waals surface area contributed by atoms with Crippen LogP contribution < -0.4 is 0 Å². The fraction of sp³-hybridized carbons (Fsp3) is 0.375. The first-order chi connectivity index (χ1) is 10.2. The molecular formula is C16H17F2N3. The summed E-state index contributed by atoms with van der Waals surface area (Å²) in [5.74, 6) is -0.434. The van der Waals surface area contributed by atoms with E-state index in [4.69, 9.17) is 0 Å². The Morgan fingerprint density at radius 2 is 2.14 bits per heavy atom. The molecule has 0 bridgehead atoms. The maximum absolute atomic E-state index is 13.7. The van der Waals surface area contributed by atoms with E-state index in [9.17, 15) is 8.78 Å². The standard InChI is InChI=1S/C16H17F2N3/c17-14-3-4-15(18)13(8-14)11-21-7-1-2-12(10-21)16-9-19-5-6-20-16/h3-6,8-9,12H,1-2,7,10-11H2/t12-/m0/s1. The van der Waals surface area contributed by atoms with Crippen molar-refractivity contribution in [3.05, 3.63) is 59.7 Å². The fourth-order valence-electron chi connectivity index (χ4n) is 2.87. The summed E-state index contributed by atoms with van der Waals surface area (Å²) in [7, 11) is 0. The Labute approximate surface area is 122 Å². The average molecular weight is 289 g/mol. The van der Waals surface area contributed by atoms with Crippen LogP contribution in [0.3, 0.4) is 0 Å². The van der Waals surface area contributed by atoms with Gasteiger partial charge in [-0.2, -0.15) is 0 Å². The molecule has 1 aromatic carbocycles. The Hall–Kier alpha value is -1.88. The van der Waals surface area contributed by atoms with Crippen LogP contribution in [-0.4, -0.2) is 28.0 Å². The van der Waals surface area contributed by atoms with Gasteiger partial charge in [-0.25, -0.2) is 8.78 Å². The smallest absolute Gasteiger partial charge is 0.127 e. The van der Waals surface area contributed by atoms with Gasteiger partial charge in [0.05, 0.1) is 5.69 Å². The Kier molecular flexibility index (Phi) is 4.20. The van der Waals surface area contributed by atoms with E-state index in [1.165, 1.54) is 12.1 Å². The lowest BCUT2D eigenvalue weighted by molar-refractivity contribution is 0.196. The van der Waals surface area contributed by atoms with E-state index in [-0.39, 0.29) is 5.82 Å². The van der Waals surface area contributed by atoms with Gasteiger partial charge >= 0.3 is 0 Å². The Morgan fingerprint density at radius 1 is 1.24 bits per heavy atom. The van der Waals surface area contributed by atoms with Gasteiger partial charge in [0.25, 0.3) is 0 Å². The molecule has 1 aromatic heterocycles. The van der Waals surface area contributed by atoms with Crippen LogP contribution in [0.4, 0.5) is 8.78 Å². The molecule has 5 heteroatoms. The van der Waals surface area contributed by atoms with Crippen molar-refractivity contribution in [3.63, 3.8) is 0 Å². The summed E-state index contributed by atoms with van der Waals surface area (Å²) in [6.45, 7) is 2.13. The van der Waals surface area contributed by atoms with Crippen molar-refractivity contribution < 1.29 is 8.78 Å². The number of hydrogen-bond acceptors (Lipinski definition) is 3. The molecule has 1 fully saturated rings. The number of benzene rings is 1. The molecule has 0 spiro atoms. The second-order valence-electron chi connectivity index (χ2n) is 5.44. The Balaban J connectivity index is 1.70. The molecule has 3 rings (SSSR count). The third-order valence-electron chi connectivity index (χ3n) is 3.91. The van der Waals surface area contributed by atoms with Gasteiger partial charge in [-0.3, -0.25) is 14.9 Å². The highest BCUT2D eigenvalue weighted by atomic mass is 19.1. The predicted molar refractivity (Wildman–Crippen MR) is 75.6 cm³/mol. The third-order valence-corrected chi connectivity index (χ3v) is 3.91. The van der Waals surface area contributed by atoms with Gasteiger partial charge in [-0.1, -0.05) is 0 Å². The SMILES string of the molecule is Fc1ccc(F)c(CN2CCC[C@H](c3cnccn3)C2)c1. The zero-order chi connectivity index (χ0) is 14.7. The van der Waals surface area contributed by atoms with E-state index in [1.54, 1.807) is 18.6 Å². The third kappa shape index (κ3) is 3.42. The van der Waals surface area contributed by atoms with Gasteiger partial charge in [0, 0.05) is 43.2 Å². The van der Waals surface area contributed by atoms with Crippen LogP contribution >= 0.6 is 0 Å². The topological polar surface area (TPSA) is 29.0 Å². The molecule has 0 amide bonds. The van der Waals surface area contributed by atoms with Crippen LogP contribution in [-0.2, 0) is 6.54 Å². The van der Waals surface area contributed by atoms with Crippen molar-refractivity contribution in [2.24, 2.45) is 0 Å². The summed E-state index contributed by atoms with van der Waals surface area (Å²) in [6.07, 6.45) is 7.22. The highest BCUT2D eigenvalue weighted by Crippen LogP contribution is 2.26. The molecular weight excluding hydrogens is 272 g/mol. The number of nitrogens with zero attached hydrogens (tertiary/aromatic N) is 3. The predicted octanol–water partition coefficient (Wildman–Crippen LogP) is 3.13. The van der Waals surface area contributed by atoms with Gasteiger partial charge in [0.1, 0.15) is 11.6 Å². The minimum absolute atomic E-state index is 0.309. The molecule has 110 valence electrons. The van der Waals surface area contributed by atoms with E-state index in [0.29, 0.717) is 18.0 Å². The first kappa shape index (κ1) is 14.1. The fourth-order valence-corrected chi connectivity index (χ4v) is 2.87. The molecule has 0 radical (unpaired) electrons. The summed E-state index contributed by atoms with van der Waals surface area (Å²) in [5, 5.41) is 0. The highest BCUT2D eigenvalue weighted by Gasteiger charge is 2.23. The molecule has 21 heavy (non-hydrogen) atoms. The summed E-state index contributed by atoms with van der Waals surface area (Å²) in [4.78, 5) is 10.6. The second-order valence-corrected chi connectivity index (χ2v) is 5.44. The average Bonchev–Trinajstić information content (AvgIpc) is 2.52. The zero-order valence-corrected chi connectivity index (χ0v) is 11.7. The number of piperidine rings is 1. The van der Waals surface area contributed by atoms with Crippen molar-refractivity contribution in [2.45, 2.75) is 25.3 Å². The normalized spacial score (nSPS) is 19.6. The van der Waals surface area contributed by atoms with E-state index in [1.807, 2.05) is 0 Å². The minimum Gasteiger partial charge on any atom is -0.298 e. The molecule has 1 atom stereocenters. The van der Waals surface area contributed by atoms with Crippen LogP contribution in [0.5, 0.6) is 0 Å². The first-order valence-electron chi connectivity index (χ1n) is 7.14. The van der Waals surface area contributed by atoms with Crippen LogP contribution in [0.15, 0.2) is 36.8 Å². The Bertz CT molecular complexity index is 604. The van der Waals surface area contributed by atoms with Gasteiger partial charge in [-0.15, -0.1) is 0 Å². The molecule has 1 aliphatic rings. The van der Waals surface area contributed by atoms with Crippen molar-refractivity contribution in [1.29, 1.82) is 0 Å². The summed E-state index contributed by atoms with van der Waals surface area (Å²) >= 11 is 0. The molecule has 0 N–H and O–H groups in total. The maximum Gasteiger partial charge on any atom is 0.127 e. The summed E-state index contributed by atoms with van der Waals surface area (Å²) in [5.41, 5.74) is 1.39. The van der Waals surface area contributed by atoms with Crippen molar-refractivity contribution in [2.75, 3.05) is 13.1 Å². The molecule has 2 aromatic rings. The largest absolute Gasteiger partial charge is 0.298 e.